The molecular formula is C35H42N2O5S. The van der Waals surface area contributed by atoms with Crippen LogP contribution in [0.3, 0.4) is 0 Å². The maximum absolute atomic E-state index is 9.21. The number of ether oxygens (including phenoxy) is 3. The minimum Gasteiger partial charge on any atom is -0.485 e. The smallest absolute Gasteiger partial charge is 0.151 e. The average Bonchev–Trinajstić information content (AvgIpc) is 3.59. The Labute approximate surface area is 258 Å². The van der Waals surface area contributed by atoms with Crippen molar-refractivity contribution in [3.8, 4) is 11.5 Å². The number of hydrogen-bond acceptors (Lipinski definition) is 8. The van der Waals surface area contributed by atoms with Gasteiger partial charge in [-0.3, -0.25) is 0 Å². The van der Waals surface area contributed by atoms with Gasteiger partial charge in [-0.1, -0.05) is 60.7 Å². The zero-order valence-corrected chi connectivity index (χ0v) is 25.3. The molecule has 1 aliphatic heterocycles. The second kappa shape index (κ2) is 16.6. The van der Waals surface area contributed by atoms with Crippen LogP contribution in [0.25, 0.3) is 0 Å². The van der Waals surface area contributed by atoms with Gasteiger partial charge < -0.3 is 35.1 Å². The molecule has 0 bridgehead atoms. The Morgan fingerprint density at radius 3 is 2.09 bits per heavy atom. The second-order valence-corrected chi connectivity index (χ2v) is 11.8. The number of rotatable bonds is 16. The highest BCUT2D eigenvalue weighted by Gasteiger charge is 2.31. The van der Waals surface area contributed by atoms with Crippen molar-refractivity contribution in [3.63, 3.8) is 0 Å². The van der Waals surface area contributed by atoms with Crippen LogP contribution in [0.4, 0.5) is 0 Å². The number of aliphatic hydroxyl groups excluding tert-OH is 2. The van der Waals surface area contributed by atoms with E-state index in [-0.39, 0.29) is 37.6 Å². The lowest BCUT2D eigenvalue weighted by Crippen LogP contribution is -2.53. The van der Waals surface area contributed by atoms with E-state index < -0.39 is 0 Å². The molecule has 4 aromatic rings. The van der Waals surface area contributed by atoms with Crippen LogP contribution in [-0.4, -0.2) is 61.8 Å². The van der Waals surface area contributed by atoms with Crippen LogP contribution < -0.4 is 20.1 Å². The van der Waals surface area contributed by atoms with Crippen molar-refractivity contribution in [2.75, 3.05) is 39.5 Å². The van der Waals surface area contributed by atoms with Crippen LogP contribution >= 0.6 is 11.3 Å². The van der Waals surface area contributed by atoms with E-state index in [0.717, 1.165) is 47.7 Å². The average molecular weight is 603 g/mol. The van der Waals surface area contributed by atoms with Gasteiger partial charge in [0.25, 0.3) is 0 Å². The first-order valence-electron chi connectivity index (χ1n) is 15.1. The predicted octanol–water partition coefficient (Wildman–Crippen LogP) is 5.09. The molecule has 228 valence electrons. The van der Waals surface area contributed by atoms with Gasteiger partial charge >= 0.3 is 0 Å². The van der Waals surface area contributed by atoms with E-state index in [1.807, 2.05) is 66.7 Å². The molecule has 1 aliphatic rings. The summed E-state index contributed by atoms with van der Waals surface area (Å²) >= 11 is 1.71. The van der Waals surface area contributed by atoms with E-state index in [1.165, 1.54) is 4.88 Å². The zero-order chi connectivity index (χ0) is 29.7. The van der Waals surface area contributed by atoms with Crippen LogP contribution in [0.1, 0.15) is 40.2 Å². The van der Waals surface area contributed by atoms with Crippen molar-refractivity contribution in [3.05, 3.63) is 118 Å². The van der Waals surface area contributed by atoms with Crippen molar-refractivity contribution in [1.82, 2.24) is 10.6 Å². The molecule has 4 N–H and O–H groups in total. The third-order valence-electron chi connectivity index (χ3n) is 7.61. The summed E-state index contributed by atoms with van der Waals surface area (Å²) in [5.41, 5.74) is 3.26. The lowest BCUT2D eigenvalue weighted by Gasteiger charge is -2.35. The summed E-state index contributed by atoms with van der Waals surface area (Å²) in [6.45, 7) is 3.16. The van der Waals surface area contributed by atoms with Crippen LogP contribution in [0, 0.1) is 0 Å². The van der Waals surface area contributed by atoms with E-state index in [4.69, 9.17) is 14.2 Å². The number of hydrogen-bond donors (Lipinski definition) is 4. The Balaban J connectivity index is 1.10. The highest BCUT2D eigenvalue weighted by molar-refractivity contribution is 7.10. The Bertz CT molecular complexity index is 1310. The molecule has 1 aromatic heterocycles. The first kappa shape index (κ1) is 31.2. The Morgan fingerprint density at radius 1 is 0.837 bits per heavy atom. The largest absolute Gasteiger partial charge is 0.485 e. The van der Waals surface area contributed by atoms with Gasteiger partial charge in [0.05, 0.1) is 6.61 Å². The minimum atomic E-state index is -0.243. The second-order valence-electron chi connectivity index (χ2n) is 10.8. The third kappa shape index (κ3) is 9.37. The highest BCUT2D eigenvalue weighted by Crippen LogP contribution is 2.29. The molecule has 0 radical (unpaired) electrons. The van der Waals surface area contributed by atoms with E-state index in [2.05, 4.69) is 40.3 Å². The first-order chi connectivity index (χ1) is 21.2. The summed E-state index contributed by atoms with van der Waals surface area (Å²) in [7, 11) is 0. The predicted molar refractivity (Wildman–Crippen MR) is 171 cm³/mol. The molecule has 0 aliphatic carbocycles. The minimum absolute atomic E-state index is 0.0300. The van der Waals surface area contributed by atoms with Crippen molar-refractivity contribution in [1.29, 1.82) is 0 Å². The molecule has 0 spiro atoms. The van der Waals surface area contributed by atoms with E-state index in [1.54, 1.807) is 11.3 Å². The molecule has 4 atom stereocenters. The molecule has 7 nitrogen and oxygen atoms in total. The molecule has 3 unspecified atom stereocenters. The molecule has 8 heteroatoms. The Hall–Kier alpha value is -3.24. The Kier molecular flexibility index (Phi) is 12.0. The molecular weight excluding hydrogens is 560 g/mol. The molecule has 1 fully saturated rings. The molecule has 0 amide bonds. The fourth-order valence-electron chi connectivity index (χ4n) is 5.25. The summed E-state index contributed by atoms with van der Waals surface area (Å²) in [5, 5.41) is 27.7. The van der Waals surface area contributed by atoms with E-state index >= 15 is 0 Å². The van der Waals surface area contributed by atoms with Gasteiger partial charge in [0, 0.05) is 43.6 Å². The maximum Gasteiger partial charge on any atom is 0.151 e. The van der Waals surface area contributed by atoms with Gasteiger partial charge in [0.1, 0.15) is 23.7 Å². The molecule has 3 aromatic carbocycles. The SMILES string of the molecule is OCCc1ccc(OC(c2ccccc2)C2CNC(CNCC[C@H](Oc3ccc(CCO)cc3)c3cccs3)CO2)cc1. The zero-order valence-electron chi connectivity index (χ0n) is 24.4. The summed E-state index contributed by atoms with van der Waals surface area (Å²) in [6.07, 6.45) is 1.73. The number of morpholine rings is 1. The summed E-state index contributed by atoms with van der Waals surface area (Å²) in [6, 6.07) is 30.5. The van der Waals surface area contributed by atoms with Crippen molar-refractivity contribution in [2.24, 2.45) is 0 Å². The van der Waals surface area contributed by atoms with Crippen LogP contribution in [0.5, 0.6) is 11.5 Å². The van der Waals surface area contributed by atoms with Gasteiger partial charge in [0.2, 0.25) is 0 Å². The highest BCUT2D eigenvalue weighted by atomic mass is 32.1. The van der Waals surface area contributed by atoms with Crippen LogP contribution in [0.2, 0.25) is 0 Å². The lowest BCUT2D eigenvalue weighted by atomic mass is 10.0. The van der Waals surface area contributed by atoms with Crippen LogP contribution in [-0.2, 0) is 17.6 Å². The topological polar surface area (TPSA) is 92.2 Å². The molecule has 2 heterocycles. The number of nitrogens with one attached hydrogen (secondary N) is 2. The first-order valence-corrected chi connectivity index (χ1v) is 16.0. The van der Waals surface area contributed by atoms with Gasteiger partial charge in [-0.05, 0) is 71.8 Å². The van der Waals surface area contributed by atoms with E-state index in [0.29, 0.717) is 26.0 Å². The van der Waals surface area contributed by atoms with Gasteiger partial charge in [-0.15, -0.1) is 11.3 Å². The van der Waals surface area contributed by atoms with Crippen molar-refractivity contribution < 1.29 is 24.4 Å². The van der Waals surface area contributed by atoms with Crippen molar-refractivity contribution >= 4 is 11.3 Å². The maximum atomic E-state index is 9.21. The quantitative estimate of drug-likeness (QED) is 0.133. The normalized spacial score (nSPS) is 18.2. The monoisotopic (exact) mass is 602 g/mol. The van der Waals surface area contributed by atoms with Gasteiger partial charge in [0.15, 0.2) is 6.10 Å². The molecule has 1 saturated heterocycles. The van der Waals surface area contributed by atoms with Crippen LogP contribution in [0.15, 0.2) is 96.4 Å². The number of aliphatic hydroxyl groups is 2. The standard InChI is InChI=1S/C35H42N2O5S/c38-20-17-26-8-12-30(13-9-26)41-32(34-7-4-22-43-34)16-19-36-23-29-25-40-33(24-37-29)35(28-5-2-1-3-6-28)42-31-14-10-27(11-15-31)18-21-39/h1-15,22,29,32-33,35-39H,16-21,23-25H2/t29?,32-,33?,35?/m0/s1. The Morgan fingerprint density at radius 2 is 1.51 bits per heavy atom. The lowest BCUT2D eigenvalue weighted by molar-refractivity contribution is -0.0582. The third-order valence-corrected chi connectivity index (χ3v) is 8.57. The molecule has 0 saturated carbocycles. The summed E-state index contributed by atoms with van der Waals surface area (Å²) in [5.74, 6) is 1.62. The van der Waals surface area contributed by atoms with Gasteiger partial charge in [-0.25, -0.2) is 0 Å². The molecule has 43 heavy (non-hydrogen) atoms. The van der Waals surface area contributed by atoms with Crippen molar-refractivity contribution in [2.45, 2.75) is 43.6 Å². The molecule has 5 rings (SSSR count). The number of benzene rings is 3. The van der Waals surface area contributed by atoms with Gasteiger partial charge in [-0.2, -0.15) is 0 Å². The fourth-order valence-corrected chi connectivity index (χ4v) is 6.04. The number of thiophene rings is 1. The summed E-state index contributed by atoms with van der Waals surface area (Å²) in [4.78, 5) is 1.21. The fraction of sp³-hybridized carbons (Fsp3) is 0.371. The summed E-state index contributed by atoms with van der Waals surface area (Å²) < 4.78 is 19.2. The van der Waals surface area contributed by atoms with E-state index in [9.17, 15) is 10.2 Å².